The summed E-state index contributed by atoms with van der Waals surface area (Å²) in [6.07, 6.45) is 7.58. The summed E-state index contributed by atoms with van der Waals surface area (Å²) in [6.45, 7) is 4.85. The molecule has 1 aliphatic rings. The Morgan fingerprint density at radius 3 is 2.76 bits per heavy atom. The van der Waals surface area contributed by atoms with Gasteiger partial charge in [0.05, 0.1) is 12.3 Å². The third-order valence-corrected chi connectivity index (χ3v) is 4.26. The fraction of sp³-hybridized carbons (Fsp3) is 0.800. The van der Waals surface area contributed by atoms with Crippen LogP contribution in [0.15, 0.2) is 6.20 Å². The normalized spacial score (nSPS) is 17.7. The second-order valence-corrected chi connectivity index (χ2v) is 5.74. The molecule has 2 rings (SSSR count). The van der Waals surface area contributed by atoms with Crippen molar-refractivity contribution in [3.8, 4) is 0 Å². The highest BCUT2D eigenvalue weighted by molar-refractivity contribution is 5.76. The molecule has 0 spiro atoms. The van der Waals surface area contributed by atoms with E-state index in [2.05, 4.69) is 10.3 Å². The van der Waals surface area contributed by atoms with Crippen LogP contribution in [0.1, 0.15) is 64.2 Å². The molecule has 0 aliphatic heterocycles. The number of carbonyl (C=O) groups is 1. The highest BCUT2D eigenvalue weighted by Crippen LogP contribution is 2.22. The van der Waals surface area contributed by atoms with Gasteiger partial charge in [0.1, 0.15) is 12.2 Å². The molecule has 1 aromatic rings. The number of hydrogen-bond donors (Lipinski definition) is 1. The summed E-state index contributed by atoms with van der Waals surface area (Å²) >= 11 is 0. The van der Waals surface area contributed by atoms with Gasteiger partial charge >= 0.3 is 0 Å². The van der Waals surface area contributed by atoms with Gasteiger partial charge in [0.25, 0.3) is 0 Å². The van der Waals surface area contributed by atoms with Crippen molar-refractivity contribution >= 4 is 5.91 Å². The summed E-state index contributed by atoms with van der Waals surface area (Å²) in [5, 5.41) is 17.6. The van der Waals surface area contributed by atoms with Gasteiger partial charge < -0.3 is 10.0 Å². The first kappa shape index (κ1) is 15.9. The number of likely N-dealkylation sites (N-methyl/N-ethyl adjacent to an activating group) is 1. The van der Waals surface area contributed by atoms with Gasteiger partial charge in [-0.3, -0.25) is 4.79 Å². The van der Waals surface area contributed by atoms with Crippen LogP contribution in [0.5, 0.6) is 0 Å². The molecule has 0 radical (unpaired) electrons. The van der Waals surface area contributed by atoms with E-state index in [4.69, 9.17) is 0 Å². The number of aliphatic hydroxyl groups is 1. The SMILES string of the molecule is CCC(O)c1cn(CC(=O)N(CC)C2CCCCC2)nn1. The van der Waals surface area contributed by atoms with Gasteiger partial charge in [-0.05, 0) is 26.2 Å². The minimum absolute atomic E-state index is 0.0897. The molecule has 0 bridgehead atoms. The highest BCUT2D eigenvalue weighted by atomic mass is 16.3. The lowest BCUT2D eigenvalue weighted by atomic mass is 9.94. The van der Waals surface area contributed by atoms with Crippen LogP contribution in [-0.4, -0.2) is 43.5 Å². The molecule has 6 nitrogen and oxygen atoms in total. The minimum Gasteiger partial charge on any atom is -0.387 e. The quantitative estimate of drug-likeness (QED) is 0.870. The van der Waals surface area contributed by atoms with E-state index in [1.54, 1.807) is 6.20 Å². The van der Waals surface area contributed by atoms with E-state index < -0.39 is 6.10 Å². The van der Waals surface area contributed by atoms with Crippen molar-refractivity contribution in [3.05, 3.63) is 11.9 Å². The topological polar surface area (TPSA) is 71.2 Å². The van der Waals surface area contributed by atoms with Crippen LogP contribution in [0, 0.1) is 0 Å². The number of hydrogen-bond acceptors (Lipinski definition) is 4. The Morgan fingerprint density at radius 2 is 2.14 bits per heavy atom. The summed E-state index contributed by atoms with van der Waals surface area (Å²) in [4.78, 5) is 14.4. The number of carbonyl (C=O) groups excluding carboxylic acids is 1. The van der Waals surface area contributed by atoms with Gasteiger partial charge in [-0.2, -0.15) is 0 Å². The predicted molar refractivity (Wildman–Crippen MR) is 79.5 cm³/mol. The lowest BCUT2D eigenvalue weighted by Gasteiger charge is -2.33. The highest BCUT2D eigenvalue weighted by Gasteiger charge is 2.24. The zero-order valence-electron chi connectivity index (χ0n) is 13.0. The van der Waals surface area contributed by atoms with E-state index >= 15 is 0 Å². The van der Waals surface area contributed by atoms with E-state index in [0.717, 1.165) is 19.4 Å². The molecule has 1 amide bonds. The standard InChI is InChI=1S/C15H26N4O2/c1-3-14(20)13-10-18(17-16-13)11-15(21)19(4-2)12-8-6-5-7-9-12/h10,12,14,20H,3-9,11H2,1-2H3. The Balaban J connectivity index is 1.96. The maximum Gasteiger partial charge on any atom is 0.244 e. The van der Waals surface area contributed by atoms with E-state index in [1.165, 1.54) is 23.9 Å². The molecule has 0 aromatic carbocycles. The van der Waals surface area contributed by atoms with Crippen molar-refractivity contribution < 1.29 is 9.90 Å². The Hall–Kier alpha value is -1.43. The van der Waals surface area contributed by atoms with Crippen molar-refractivity contribution in [1.82, 2.24) is 19.9 Å². The fourth-order valence-electron chi connectivity index (χ4n) is 3.01. The third kappa shape index (κ3) is 4.03. The smallest absolute Gasteiger partial charge is 0.244 e. The molecular weight excluding hydrogens is 268 g/mol. The zero-order chi connectivity index (χ0) is 15.2. The number of nitrogens with zero attached hydrogens (tertiary/aromatic N) is 4. The summed E-state index contributed by atoms with van der Waals surface area (Å²) < 4.78 is 1.53. The van der Waals surface area contributed by atoms with Crippen LogP contribution in [-0.2, 0) is 11.3 Å². The number of rotatable bonds is 6. The molecule has 21 heavy (non-hydrogen) atoms. The van der Waals surface area contributed by atoms with E-state index in [-0.39, 0.29) is 12.5 Å². The molecule has 1 aliphatic carbocycles. The summed E-state index contributed by atoms with van der Waals surface area (Å²) in [7, 11) is 0. The molecule has 1 fully saturated rings. The molecule has 1 heterocycles. The molecule has 6 heteroatoms. The lowest BCUT2D eigenvalue weighted by molar-refractivity contribution is -0.134. The minimum atomic E-state index is -0.602. The molecule has 1 aromatic heterocycles. The fourth-order valence-corrected chi connectivity index (χ4v) is 3.01. The summed E-state index contributed by atoms with van der Waals surface area (Å²) in [6, 6.07) is 0.375. The maximum atomic E-state index is 12.5. The molecule has 1 N–H and O–H groups in total. The van der Waals surface area contributed by atoms with E-state index in [0.29, 0.717) is 18.2 Å². The van der Waals surface area contributed by atoms with Gasteiger partial charge in [-0.25, -0.2) is 4.68 Å². The van der Waals surface area contributed by atoms with Crippen molar-refractivity contribution in [2.45, 2.75) is 71.1 Å². The molecular formula is C15H26N4O2. The molecule has 1 unspecified atom stereocenters. The Bertz CT molecular complexity index is 454. The van der Waals surface area contributed by atoms with Gasteiger partial charge in [0.15, 0.2) is 0 Å². The molecule has 1 saturated carbocycles. The summed E-state index contributed by atoms with van der Waals surface area (Å²) in [5.74, 6) is 0.0897. The van der Waals surface area contributed by atoms with Crippen LogP contribution < -0.4 is 0 Å². The largest absolute Gasteiger partial charge is 0.387 e. The molecule has 1 atom stereocenters. The van der Waals surface area contributed by atoms with Crippen LogP contribution in [0.25, 0.3) is 0 Å². The second-order valence-electron chi connectivity index (χ2n) is 5.74. The van der Waals surface area contributed by atoms with E-state index in [1.807, 2.05) is 18.7 Å². The zero-order valence-corrected chi connectivity index (χ0v) is 13.0. The third-order valence-electron chi connectivity index (χ3n) is 4.26. The van der Waals surface area contributed by atoms with Crippen LogP contribution in [0.3, 0.4) is 0 Å². The van der Waals surface area contributed by atoms with Crippen molar-refractivity contribution in [1.29, 1.82) is 0 Å². The average Bonchev–Trinajstić information content (AvgIpc) is 2.96. The van der Waals surface area contributed by atoms with Crippen molar-refractivity contribution in [2.24, 2.45) is 0 Å². The van der Waals surface area contributed by atoms with Crippen molar-refractivity contribution in [3.63, 3.8) is 0 Å². The van der Waals surface area contributed by atoms with Gasteiger partial charge in [0, 0.05) is 12.6 Å². The van der Waals surface area contributed by atoms with Crippen LogP contribution in [0.2, 0.25) is 0 Å². The van der Waals surface area contributed by atoms with Gasteiger partial charge in [0.2, 0.25) is 5.91 Å². The molecule has 0 saturated heterocycles. The van der Waals surface area contributed by atoms with Gasteiger partial charge in [-0.1, -0.05) is 31.4 Å². The van der Waals surface area contributed by atoms with Crippen molar-refractivity contribution in [2.75, 3.05) is 6.54 Å². The second kappa shape index (κ2) is 7.54. The van der Waals surface area contributed by atoms with Crippen LogP contribution >= 0.6 is 0 Å². The Labute approximate surface area is 126 Å². The Morgan fingerprint density at radius 1 is 1.43 bits per heavy atom. The van der Waals surface area contributed by atoms with E-state index in [9.17, 15) is 9.90 Å². The predicted octanol–water partition coefficient (Wildman–Crippen LogP) is 1.90. The Kier molecular flexibility index (Phi) is 5.73. The number of aliphatic hydroxyl groups excluding tert-OH is 1. The number of amides is 1. The molecule has 118 valence electrons. The van der Waals surface area contributed by atoms with Crippen LogP contribution in [0.4, 0.5) is 0 Å². The average molecular weight is 294 g/mol. The first-order valence-electron chi connectivity index (χ1n) is 8.03. The first-order valence-corrected chi connectivity index (χ1v) is 8.03. The monoisotopic (exact) mass is 294 g/mol. The first-order chi connectivity index (χ1) is 10.2. The lowest BCUT2D eigenvalue weighted by Crippen LogP contribution is -2.43. The maximum absolute atomic E-state index is 12.5. The summed E-state index contributed by atoms with van der Waals surface area (Å²) in [5.41, 5.74) is 0.533. The van der Waals surface area contributed by atoms with Gasteiger partial charge in [-0.15, -0.1) is 5.10 Å². The number of aromatic nitrogens is 3.